The van der Waals surface area contributed by atoms with E-state index in [1.165, 1.54) is 0 Å². The summed E-state index contributed by atoms with van der Waals surface area (Å²) in [5.41, 5.74) is 0. The molecule has 0 radical (unpaired) electrons. The van der Waals surface area contributed by atoms with Crippen LogP contribution in [0.1, 0.15) is 11.4 Å². The first-order chi connectivity index (χ1) is 5.10. The molecular formula is CH10Ba2Ca2O9S2. The average Bonchev–Trinajstić information content (AvgIpc) is 1.49. The van der Waals surface area contributed by atoms with Crippen LogP contribution < -0.4 is 0 Å². The van der Waals surface area contributed by atoms with Gasteiger partial charge in [0.25, 0.3) is 0 Å². The van der Waals surface area contributed by atoms with Crippen molar-refractivity contribution in [2.75, 3.05) is 0 Å². The van der Waals surface area contributed by atoms with E-state index in [1.54, 1.807) is 0 Å². The third-order valence-corrected chi connectivity index (χ3v) is 1.04. The zero-order chi connectivity index (χ0) is 9.99. The summed E-state index contributed by atoms with van der Waals surface area (Å²) in [6.07, 6.45) is -2.29. The smallest absolute Gasteiger partial charge is 1.00 e. The van der Waals surface area contributed by atoms with E-state index in [1.807, 2.05) is 0 Å². The zero-order valence-corrected chi connectivity index (χ0v) is 22.8. The standard InChI is InChI=1S/CH2O9S2.2Ba.2Ca.8H/c2-1(9-11(3,4)5)10-12(6,7)8;;;;;;;;;;;;/h(H,3,4,5)(H,6,7,8);;;;;;;;;;;;/q;4*+2;8*-1. The molecule has 0 atom stereocenters. The van der Waals surface area contributed by atoms with Gasteiger partial charge in [0.05, 0.1) is 0 Å². The van der Waals surface area contributed by atoms with E-state index in [4.69, 9.17) is 9.11 Å². The molecule has 0 fully saturated rings. The molecule has 0 aliphatic heterocycles. The van der Waals surface area contributed by atoms with Gasteiger partial charge in [-0.1, -0.05) is 0 Å². The second-order valence-electron chi connectivity index (χ2n) is 1.27. The second kappa shape index (κ2) is 14.7. The molecule has 0 heterocycles. The first kappa shape index (κ1) is 32.6. The normalized spacial score (nSPS) is 9.12. The number of hydrogen-bond acceptors (Lipinski definition) is 7. The summed E-state index contributed by atoms with van der Waals surface area (Å²) < 4.78 is 60.1. The molecule has 0 aromatic carbocycles. The molecule has 0 aliphatic rings. The summed E-state index contributed by atoms with van der Waals surface area (Å²) >= 11 is 0. The van der Waals surface area contributed by atoms with Crippen molar-refractivity contribution in [2.24, 2.45) is 0 Å². The third kappa shape index (κ3) is 27.2. The summed E-state index contributed by atoms with van der Waals surface area (Å²) in [4.78, 5) is 9.95. The van der Waals surface area contributed by atoms with Crippen LogP contribution in [0.4, 0.5) is 4.79 Å². The number of rotatable bonds is 2. The van der Waals surface area contributed by atoms with Crippen LogP contribution in [0.2, 0.25) is 0 Å². The Hall–Kier alpha value is 4.75. The van der Waals surface area contributed by atoms with E-state index in [2.05, 4.69) is 8.37 Å². The predicted octanol–water partition coefficient (Wildman–Crippen LogP) is -1.88. The summed E-state index contributed by atoms with van der Waals surface area (Å²) in [5, 5.41) is 0. The molecule has 0 saturated carbocycles. The third-order valence-electron chi connectivity index (χ3n) is 0.347. The van der Waals surface area contributed by atoms with Gasteiger partial charge in [-0.05, 0) is 0 Å². The van der Waals surface area contributed by atoms with Gasteiger partial charge in [0.2, 0.25) is 0 Å². The van der Waals surface area contributed by atoms with Gasteiger partial charge in [-0.15, -0.1) is 0 Å². The molecule has 0 bridgehead atoms. The number of carbonyl (C=O) groups excluding carboxylic acids is 1. The van der Waals surface area contributed by atoms with Crippen molar-refractivity contribution in [3.8, 4) is 0 Å². The van der Waals surface area contributed by atoms with Crippen LogP contribution in [0.5, 0.6) is 0 Å². The maximum Gasteiger partial charge on any atom is 2.00 e. The van der Waals surface area contributed by atoms with Gasteiger partial charge in [0, 0.05) is 0 Å². The molecule has 0 amide bonds. The Labute approximate surface area is 244 Å². The first-order valence-electron chi connectivity index (χ1n) is 1.98. The van der Waals surface area contributed by atoms with Crippen LogP contribution in [0, 0.1) is 0 Å². The Kier molecular flexibility index (Phi) is 29.9. The maximum absolute atomic E-state index is 9.95. The minimum Gasteiger partial charge on any atom is -1.00 e. The first-order valence-corrected chi connectivity index (χ1v) is 4.71. The number of carbonyl (C=O) groups is 1. The van der Waals surface area contributed by atoms with E-state index in [9.17, 15) is 21.6 Å². The Bertz CT molecular complexity index is 358. The fourth-order valence-corrected chi connectivity index (χ4v) is 0.641. The fraction of sp³-hybridized carbons (Fsp3) is 0. The molecule has 0 rings (SSSR count). The average molecular weight is 585 g/mol. The molecule has 0 aliphatic carbocycles. The van der Waals surface area contributed by atoms with E-state index in [0.717, 1.165) is 0 Å². The molecule has 0 aromatic rings. The number of hydrogen-bond donors (Lipinski definition) is 2. The predicted molar refractivity (Wildman–Crippen MR) is 62.6 cm³/mol. The molecule has 16 heavy (non-hydrogen) atoms. The van der Waals surface area contributed by atoms with Crippen LogP contribution in [0.25, 0.3) is 0 Å². The van der Waals surface area contributed by atoms with E-state index < -0.39 is 27.0 Å². The maximum atomic E-state index is 9.95. The summed E-state index contributed by atoms with van der Waals surface area (Å²) in [7, 11) is -10.3. The quantitative estimate of drug-likeness (QED) is 0.281. The SMILES string of the molecule is O=C(OS(=O)(=O)O)OS(=O)(=O)O.[Ba+2].[Ba+2].[Ca+2].[Ca+2].[H-].[H-].[H-].[H-].[H-].[H-].[H-].[H-]. The van der Waals surface area contributed by atoms with Crippen molar-refractivity contribution in [1.29, 1.82) is 0 Å². The van der Waals surface area contributed by atoms with E-state index >= 15 is 0 Å². The van der Waals surface area contributed by atoms with Crippen molar-refractivity contribution in [2.45, 2.75) is 0 Å². The largest absolute Gasteiger partial charge is 2.00 e. The summed E-state index contributed by atoms with van der Waals surface area (Å²) in [6, 6.07) is 0. The minimum atomic E-state index is -5.15. The molecule has 0 saturated heterocycles. The Morgan fingerprint density at radius 3 is 1.19 bits per heavy atom. The van der Waals surface area contributed by atoms with Crippen molar-refractivity contribution in [3.05, 3.63) is 0 Å². The van der Waals surface area contributed by atoms with Gasteiger partial charge in [-0.3, -0.25) is 17.5 Å². The van der Waals surface area contributed by atoms with E-state index in [0.29, 0.717) is 0 Å². The van der Waals surface area contributed by atoms with Crippen LogP contribution in [0.3, 0.4) is 0 Å². The van der Waals surface area contributed by atoms with Gasteiger partial charge in [0.15, 0.2) is 0 Å². The molecular weight excluding hydrogens is 575 g/mol. The van der Waals surface area contributed by atoms with Gasteiger partial charge >= 0.3 is 200 Å². The van der Waals surface area contributed by atoms with Crippen molar-refractivity contribution in [3.63, 3.8) is 0 Å². The minimum absolute atomic E-state index is 0. The topological polar surface area (TPSA) is 144 Å². The van der Waals surface area contributed by atoms with E-state index in [-0.39, 0.29) is 185 Å². The molecule has 0 unspecified atom stereocenters. The second-order valence-corrected chi connectivity index (χ2v) is 3.32. The monoisotopic (exact) mass is 586 g/mol. The van der Waals surface area contributed by atoms with Crippen LogP contribution in [-0.4, -0.2) is 205 Å². The van der Waals surface area contributed by atoms with Crippen LogP contribution in [0.15, 0.2) is 0 Å². The van der Waals surface area contributed by atoms with Gasteiger partial charge in [-0.25, -0.2) is 4.79 Å². The Morgan fingerprint density at radius 1 is 0.875 bits per heavy atom. The molecule has 0 spiro atoms. The fourth-order valence-electron chi connectivity index (χ4n) is 0.186. The summed E-state index contributed by atoms with van der Waals surface area (Å²) in [5.74, 6) is 0. The van der Waals surface area contributed by atoms with Crippen molar-refractivity contribution < 1.29 is 50.5 Å². The molecule has 88 valence electrons. The Morgan fingerprint density at radius 2 is 1.06 bits per heavy atom. The summed E-state index contributed by atoms with van der Waals surface area (Å²) in [6.45, 7) is 0. The van der Waals surface area contributed by atoms with Gasteiger partial charge in [-0.2, -0.15) is 16.8 Å². The Balaban J connectivity index is -0.00000000917. The zero-order valence-electron chi connectivity index (χ0n) is 15.9. The molecule has 15 heteroatoms. The van der Waals surface area contributed by atoms with Gasteiger partial charge < -0.3 is 11.4 Å². The molecule has 9 nitrogen and oxygen atoms in total. The molecule has 0 aromatic heterocycles. The van der Waals surface area contributed by atoms with Crippen LogP contribution >= 0.6 is 0 Å². The van der Waals surface area contributed by atoms with Crippen molar-refractivity contribution >= 4 is 200 Å². The van der Waals surface area contributed by atoms with Gasteiger partial charge in [0.1, 0.15) is 0 Å². The molecule has 2 N–H and O–H groups in total. The van der Waals surface area contributed by atoms with Crippen molar-refractivity contribution in [1.82, 2.24) is 0 Å². The van der Waals surface area contributed by atoms with Crippen LogP contribution in [-0.2, 0) is 29.2 Å².